The van der Waals surface area contributed by atoms with Crippen molar-refractivity contribution in [3.63, 3.8) is 0 Å². The van der Waals surface area contributed by atoms with Gasteiger partial charge in [-0.05, 0) is 45.0 Å². The van der Waals surface area contributed by atoms with Crippen LogP contribution in [0.15, 0.2) is 29.2 Å². The number of carbonyl (C=O) groups is 1. The van der Waals surface area contributed by atoms with Crippen LogP contribution < -0.4 is 9.46 Å². The van der Waals surface area contributed by atoms with Crippen molar-refractivity contribution in [1.29, 1.82) is 0 Å². The summed E-state index contributed by atoms with van der Waals surface area (Å²) in [6.45, 7) is 7.36. The van der Waals surface area contributed by atoms with E-state index in [0.29, 0.717) is 25.4 Å². The van der Waals surface area contributed by atoms with Crippen molar-refractivity contribution in [2.45, 2.75) is 44.3 Å². The van der Waals surface area contributed by atoms with Crippen molar-refractivity contribution in [1.82, 2.24) is 9.62 Å². The van der Waals surface area contributed by atoms with Crippen LogP contribution in [0.3, 0.4) is 0 Å². The highest BCUT2D eigenvalue weighted by molar-refractivity contribution is 7.89. The molecule has 140 valence electrons. The number of nitrogens with one attached hydrogen (secondary N) is 1. The number of morpholine rings is 1. The fraction of sp³-hybridized carbons (Fsp3) is 0.588. The van der Waals surface area contributed by atoms with E-state index >= 15 is 0 Å². The van der Waals surface area contributed by atoms with E-state index in [1.54, 1.807) is 17.0 Å². The van der Waals surface area contributed by atoms with E-state index in [2.05, 4.69) is 4.72 Å². The van der Waals surface area contributed by atoms with Crippen LogP contribution in [0, 0.1) is 0 Å². The van der Waals surface area contributed by atoms with Crippen LogP contribution in [-0.2, 0) is 19.6 Å². The molecule has 0 spiro atoms. The third-order valence-corrected chi connectivity index (χ3v) is 5.33. The van der Waals surface area contributed by atoms with Crippen LogP contribution in [0.1, 0.15) is 27.2 Å². The van der Waals surface area contributed by atoms with Gasteiger partial charge < -0.3 is 14.4 Å². The zero-order chi connectivity index (χ0) is 18.4. The first-order chi connectivity index (χ1) is 11.8. The first-order valence-corrected chi connectivity index (χ1v) is 9.96. The SMILES string of the molecule is CCOc1ccc(S(=O)(=O)NCCC(=O)N2C[C@@H](C)O[C@H](C)C2)cc1. The van der Waals surface area contributed by atoms with E-state index in [9.17, 15) is 13.2 Å². The first kappa shape index (κ1) is 19.7. The molecule has 1 aliphatic heterocycles. The van der Waals surface area contributed by atoms with E-state index in [-0.39, 0.29) is 36.0 Å². The molecule has 1 aromatic carbocycles. The number of amides is 1. The lowest BCUT2D eigenvalue weighted by Crippen LogP contribution is -2.48. The molecule has 7 nitrogen and oxygen atoms in total. The Kier molecular flexibility index (Phi) is 6.80. The van der Waals surface area contributed by atoms with Crippen LogP contribution in [0.2, 0.25) is 0 Å². The molecule has 0 saturated carbocycles. The Bertz CT molecular complexity index is 665. The Hall–Kier alpha value is -1.64. The van der Waals surface area contributed by atoms with Gasteiger partial charge in [0, 0.05) is 26.1 Å². The third-order valence-electron chi connectivity index (χ3n) is 3.85. The van der Waals surface area contributed by atoms with Gasteiger partial charge in [-0.2, -0.15) is 0 Å². The topological polar surface area (TPSA) is 84.9 Å². The van der Waals surface area contributed by atoms with Gasteiger partial charge >= 0.3 is 0 Å². The van der Waals surface area contributed by atoms with Crippen molar-refractivity contribution in [3.05, 3.63) is 24.3 Å². The summed E-state index contributed by atoms with van der Waals surface area (Å²) < 4.78 is 37.9. The molecule has 1 aliphatic rings. The molecule has 1 N–H and O–H groups in total. The van der Waals surface area contributed by atoms with Crippen molar-refractivity contribution in [2.24, 2.45) is 0 Å². The minimum atomic E-state index is -3.64. The number of sulfonamides is 1. The first-order valence-electron chi connectivity index (χ1n) is 8.47. The summed E-state index contributed by atoms with van der Waals surface area (Å²) in [6, 6.07) is 6.19. The number of ether oxygens (including phenoxy) is 2. The van der Waals surface area contributed by atoms with Crippen LogP contribution >= 0.6 is 0 Å². The smallest absolute Gasteiger partial charge is 0.240 e. The van der Waals surface area contributed by atoms with Gasteiger partial charge in [0.2, 0.25) is 15.9 Å². The summed E-state index contributed by atoms with van der Waals surface area (Å²) in [5.74, 6) is 0.545. The predicted molar refractivity (Wildman–Crippen MR) is 94.0 cm³/mol. The second kappa shape index (κ2) is 8.64. The minimum Gasteiger partial charge on any atom is -0.494 e. The summed E-state index contributed by atoms with van der Waals surface area (Å²) in [7, 11) is -3.64. The predicted octanol–water partition coefficient (Wildman–Crippen LogP) is 1.39. The van der Waals surface area contributed by atoms with E-state index in [4.69, 9.17) is 9.47 Å². The lowest BCUT2D eigenvalue weighted by molar-refractivity contribution is -0.143. The monoisotopic (exact) mass is 370 g/mol. The second-order valence-corrected chi connectivity index (χ2v) is 7.88. The van der Waals surface area contributed by atoms with Gasteiger partial charge in [-0.25, -0.2) is 13.1 Å². The molecule has 2 rings (SSSR count). The van der Waals surface area contributed by atoms with Gasteiger partial charge in [-0.15, -0.1) is 0 Å². The summed E-state index contributed by atoms with van der Waals surface area (Å²) in [4.78, 5) is 14.1. The molecular weight excluding hydrogens is 344 g/mol. The van der Waals surface area contributed by atoms with Crippen LogP contribution in [0.25, 0.3) is 0 Å². The quantitative estimate of drug-likeness (QED) is 0.784. The van der Waals surface area contributed by atoms with E-state index < -0.39 is 10.0 Å². The lowest BCUT2D eigenvalue weighted by Gasteiger charge is -2.35. The Balaban J connectivity index is 1.86. The van der Waals surface area contributed by atoms with Gasteiger partial charge in [-0.1, -0.05) is 0 Å². The minimum absolute atomic E-state index is 0.00625. The molecule has 1 amide bonds. The maximum absolute atomic E-state index is 12.3. The Morgan fingerprint density at radius 2 is 1.84 bits per heavy atom. The molecule has 8 heteroatoms. The number of nitrogens with zero attached hydrogens (tertiary/aromatic N) is 1. The van der Waals surface area contributed by atoms with Gasteiger partial charge in [0.05, 0.1) is 23.7 Å². The van der Waals surface area contributed by atoms with Crippen molar-refractivity contribution < 1.29 is 22.7 Å². The molecule has 0 radical (unpaired) electrons. The molecule has 1 saturated heterocycles. The summed E-state index contributed by atoms with van der Waals surface area (Å²) in [5.41, 5.74) is 0. The van der Waals surface area contributed by atoms with E-state index in [0.717, 1.165) is 0 Å². The van der Waals surface area contributed by atoms with E-state index in [1.165, 1.54) is 12.1 Å². The maximum Gasteiger partial charge on any atom is 0.240 e. The highest BCUT2D eigenvalue weighted by atomic mass is 32.2. The molecule has 2 atom stereocenters. The highest BCUT2D eigenvalue weighted by Gasteiger charge is 2.25. The molecule has 25 heavy (non-hydrogen) atoms. The van der Waals surface area contributed by atoms with Crippen molar-refractivity contribution >= 4 is 15.9 Å². The largest absolute Gasteiger partial charge is 0.494 e. The Morgan fingerprint density at radius 3 is 2.40 bits per heavy atom. The van der Waals surface area contributed by atoms with Gasteiger partial charge in [0.15, 0.2) is 0 Å². The average molecular weight is 370 g/mol. The van der Waals surface area contributed by atoms with Gasteiger partial charge in [-0.3, -0.25) is 4.79 Å². The average Bonchev–Trinajstić information content (AvgIpc) is 2.54. The number of carbonyl (C=O) groups excluding carboxylic acids is 1. The summed E-state index contributed by atoms with van der Waals surface area (Å²) in [5, 5.41) is 0. The molecule has 0 bridgehead atoms. The number of hydrogen-bond acceptors (Lipinski definition) is 5. The van der Waals surface area contributed by atoms with Crippen molar-refractivity contribution in [3.8, 4) is 5.75 Å². The van der Waals surface area contributed by atoms with Crippen LogP contribution in [-0.4, -0.2) is 57.7 Å². The normalized spacial score (nSPS) is 21.2. The van der Waals surface area contributed by atoms with Gasteiger partial charge in [0.25, 0.3) is 0 Å². The zero-order valence-electron chi connectivity index (χ0n) is 14.9. The molecule has 0 aromatic heterocycles. The lowest BCUT2D eigenvalue weighted by atomic mass is 10.2. The van der Waals surface area contributed by atoms with Crippen molar-refractivity contribution in [2.75, 3.05) is 26.2 Å². The number of hydrogen-bond donors (Lipinski definition) is 1. The fourth-order valence-electron chi connectivity index (χ4n) is 2.80. The molecule has 1 heterocycles. The zero-order valence-corrected chi connectivity index (χ0v) is 15.7. The molecule has 1 aromatic rings. The fourth-order valence-corrected chi connectivity index (χ4v) is 3.83. The molecule has 0 aliphatic carbocycles. The number of rotatable bonds is 7. The summed E-state index contributed by atoms with van der Waals surface area (Å²) >= 11 is 0. The Labute approximate surface area is 149 Å². The third kappa shape index (κ3) is 5.69. The Morgan fingerprint density at radius 1 is 1.24 bits per heavy atom. The molecule has 0 unspecified atom stereocenters. The standard InChI is InChI=1S/C17H26N2O5S/c1-4-23-15-5-7-16(8-6-15)25(21,22)18-10-9-17(20)19-11-13(2)24-14(3)12-19/h5-8,13-14,18H,4,9-12H2,1-3H3/t13-,14-/m1/s1. The van der Waals surface area contributed by atoms with Crippen LogP contribution in [0.5, 0.6) is 5.75 Å². The molecular formula is C17H26N2O5S. The second-order valence-electron chi connectivity index (χ2n) is 6.11. The molecule has 1 fully saturated rings. The van der Waals surface area contributed by atoms with E-state index in [1.807, 2.05) is 20.8 Å². The maximum atomic E-state index is 12.3. The number of benzene rings is 1. The highest BCUT2D eigenvalue weighted by Crippen LogP contribution is 2.16. The van der Waals surface area contributed by atoms with Crippen LogP contribution in [0.4, 0.5) is 0 Å². The van der Waals surface area contributed by atoms with Gasteiger partial charge in [0.1, 0.15) is 5.75 Å². The summed E-state index contributed by atoms with van der Waals surface area (Å²) in [6.07, 6.45) is 0.108.